The molecular weight excluding hydrogens is 471 g/mol. The molecule has 0 N–H and O–H groups in total. The minimum atomic E-state index is -1.09. The summed E-state index contributed by atoms with van der Waals surface area (Å²) in [5, 5.41) is 0. The van der Waals surface area contributed by atoms with Gasteiger partial charge in [-0.1, -0.05) is 48.5 Å². The molecule has 0 saturated carbocycles. The average molecular weight is 497 g/mol. The molecule has 7 heteroatoms. The van der Waals surface area contributed by atoms with Crippen LogP contribution in [0.2, 0.25) is 0 Å². The standard InChI is InChI=1S/C30H25FN2O4/c1-30(2)28(34)33(22-11-9-15-25(19-22)36-23-12-4-3-5-13-23)29(35)32(30)20-21-10-8-14-24(18-21)37-27-17-7-6-16-26(27)31/h3-19H,20H2,1-2H3. The van der Waals surface area contributed by atoms with Gasteiger partial charge in [0.2, 0.25) is 0 Å². The number of nitrogens with zero attached hydrogens (tertiary/aromatic N) is 2. The quantitative estimate of drug-likeness (QED) is 0.255. The van der Waals surface area contributed by atoms with Gasteiger partial charge in [-0.05, 0) is 67.9 Å². The van der Waals surface area contributed by atoms with E-state index in [4.69, 9.17) is 9.47 Å². The monoisotopic (exact) mass is 496 g/mol. The third-order valence-electron chi connectivity index (χ3n) is 6.18. The highest BCUT2D eigenvalue weighted by Crippen LogP contribution is 2.36. The van der Waals surface area contributed by atoms with Crippen LogP contribution in [0, 0.1) is 5.82 Å². The number of carbonyl (C=O) groups is 2. The van der Waals surface area contributed by atoms with Gasteiger partial charge in [-0.15, -0.1) is 0 Å². The van der Waals surface area contributed by atoms with Gasteiger partial charge < -0.3 is 14.4 Å². The van der Waals surface area contributed by atoms with E-state index in [9.17, 15) is 14.0 Å². The van der Waals surface area contributed by atoms with Crippen LogP contribution >= 0.6 is 0 Å². The Kier molecular flexibility index (Phi) is 6.36. The van der Waals surface area contributed by atoms with Crippen LogP contribution in [0.25, 0.3) is 0 Å². The van der Waals surface area contributed by atoms with Crippen LogP contribution in [0.4, 0.5) is 14.9 Å². The van der Waals surface area contributed by atoms with Gasteiger partial charge in [0.1, 0.15) is 22.8 Å². The number of halogens is 1. The molecule has 4 aromatic rings. The maximum Gasteiger partial charge on any atom is 0.332 e. The molecule has 0 radical (unpaired) electrons. The second-order valence-electron chi connectivity index (χ2n) is 9.16. The van der Waals surface area contributed by atoms with Crippen molar-refractivity contribution in [2.75, 3.05) is 4.90 Å². The first kappa shape index (κ1) is 24.1. The summed E-state index contributed by atoms with van der Waals surface area (Å²) in [6, 6.07) is 28.9. The number of anilines is 1. The summed E-state index contributed by atoms with van der Waals surface area (Å²) in [6.07, 6.45) is 0. The van der Waals surface area contributed by atoms with E-state index in [-0.39, 0.29) is 18.2 Å². The van der Waals surface area contributed by atoms with Crippen molar-refractivity contribution in [1.82, 2.24) is 4.90 Å². The normalized spacial score (nSPS) is 14.7. The summed E-state index contributed by atoms with van der Waals surface area (Å²) < 4.78 is 25.6. The average Bonchev–Trinajstić information content (AvgIpc) is 3.05. The number of amides is 3. The lowest BCUT2D eigenvalue weighted by Crippen LogP contribution is -2.43. The Morgan fingerprint density at radius 2 is 1.38 bits per heavy atom. The molecule has 1 saturated heterocycles. The van der Waals surface area contributed by atoms with Gasteiger partial charge >= 0.3 is 6.03 Å². The van der Waals surface area contributed by atoms with Gasteiger partial charge in [0.25, 0.3) is 5.91 Å². The fourth-order valence-corrected chi connectivity index (χ4v) is 4.18. The molecule has 186 valence electrons. The first-order valence-electron chi connectivity index (χ1n) is 11.8. The maximum atomic E-state index is 14.0. The van der Waals surface area contributed by atoms with Crippen LogP contribution in [-0.2, 0) is 11.3 Å². The highest BCUT2D eigenvalue weighted by atomic mass is 19.1. The Morgan fingerprint density at radius 3 is 2.14 bits per heavy atom. The Hall–Kier alpha value is -4.65. The van der Waals surface area contributed by atoms with Crippen LogP contribution in [0.1, 0.15) is 19.4 Å². The zero-order valence-corrected chi connectivity index (χ0v) is 20.4. The van der Waals surface area contributed by atoms with Gasteiger partial charge in [-0.2, -0.15) is 0 Å². The lowest BCUT2D eigenvalue weighted by molar-refractivity contribution is -0.123. The lowest BCUT2D eigenvalue weighted by atomic mass is 10.0. The molecule has 1 heterocycles. The topological polar surface area (TPSA) is 59.1 Å². The van der Waals surface area contributed by atoms with Crippen molar-refractivity contribution >= 4 is 17.6 Å². The van der Waals surface area contributed by atoms with Crippen molar-refractivity contribution in [3.63, 3.8) is 0 Å². The van der Waals surface area contributed by atoms with E-state index in [1.54, 1.807) is 74.5 Å². The van der Waals surface area contributed by atoms with E-state index in [0.29, 0.717) is 22.9 Å². The minimum absolute atomic E-state index is 0.108. The van der Waals surface area contributed by atoms with E-state index < -0.39 is 17.4 Å². The molecule has 0 aromatic heterocycles. The van der Waals surface area contributed by atoms with Crippen molar-refractivity contribution < 1.29 is 23.5 Å². The van der Waals surface area contributed by atoms with E-state index in [1.807, 2.05) is 36.4 Å². The number of rotatable bonds is 7. The number of ether oxygens (including phenoxy) is 2. The second-order valence-corrected chi connectivity index (χ2v) is 9.16. The molecule has 1 aliphatic rings. The molecule has 0 bridgehead atoms. The number of para-hydroxylation sites is 2. The lowest BCUT2D eigenvalue weighted by Gasteiger charge is -2.27. The van der Waals surface area contributed by atoms with Crippen molar-refractivity contribution in [2.24, 2.45) is 0 Å². The number of urea groups is 1. The third-order valence-corrected chi connectivity index (χ3v) is 6.18. The molecule has 4 aromatic carbocycles. The fraction of sp³-hybridized carbons (Fsp3) is 0.133. The first-order valence-corrected chi connectivity index (χ1v) is 11.8. The van der Waals surface area contributed by atoms with E-state index in [2.05, 4.69) is 0 Å². The molecule has 0 aliphatic carbocycles. The van der Waals surface area contributed by atoms with Crippen LogP contribution in [0.15, 0.2) is 103 Å². The molecule has 5 rings (SSSR count). The van der Waals surface area contributed by atoms with Crippen LogP contribution in [0.5, 0.6) is 23.0 Å². The largest absolute Gasteiger partial charge is 0.457 e. The second kappa shape index (κ2) is 9.78. The van der Waals surface area contributed by atoms with Gasteiger partial charge in [-0.3, -0.25) is 4.79 Å². The predicted octanol–water partition coefficient (Wildman–Crippen LogP) is 7.16. The number of benzene rings is 4. The highest BCUT2D eigenvalue weighted by molar-refractivity contribution is 6.23. The summed E-state index contributed by atoms with van der Waals surface area (Å²) in [5.41, 5.74) is 0.0807. The summed E-state index contributed by atoms with van der Waals surface area (Å²) >= 11 is 0. The van der Waals surface area contributed by atoms with Gasteiger partial charge in [-0.25, -0.2) is 14.1 Å². The smallest absolute Gasteiger partial charge is 0.332 e. The van der Waals surface area contributed by atoms with Crippen LogP contribution in [0.3, 0.4) is 0 Å². The molecule has 37 heavy (non-hydrogen) atoms. The summed E-state index contributed by atoms with van der Waals surface area (Å²) in [6.45, 7) is 3.61. The Morgan fingerprint density at radius 1 is 0.730 bits per heavy atom. The fourth-order valence-electron chi connectivity index (χ4n) is 4.18. The van der Waals surface area contributed by atoms with E-state index in [1.165, 1.54) is 15.9 Å². The molecule has 0 spiro atoms. The third kappa shape index (κ3) is 4.89. The maximum absolute atomic E-state index is 14.0. The first-order chi connectivity index (χ1) is 17.8. The summed E-state index contributed by atoms with van der Waals surface area (Å²) in [7, 11) is 0. The zero-order chi connectivity index (χ0) is 26.0. The minimum Gasteiger partial charge on any atom is -0.457 e. The SMILES string of the molecule is CC1(C)C(=O)N(c2cccc(Oc3ccccc3)c2)C(=O)N1Cc1cccc(Oc2ccccc2F)c1. The molecule has 6 nitrogen and oxygen atoms in total. The Labute approximate surface area is 214 Å². The number of imide groups is 1. The Balaban J connectivity index is 1.37. The van der Waals surface area contributed by atoms with Crippen molar-refractivity contribution in [2.45, 2.75) is 25.9 Å². The van der Waals surface area contributed by atoms with Crippen molar-refractivity contribution in [3.8, 4) is 23.0 Å². The molecule has 0 unspecified atom stereocenters. The van der Waals surface area contributed by atoms with E-state index >= 15 is 0 Å². The van der Waals surface area contributed by atoms with Gasteiger partial charge in [0, 0.05) is 12.6 Å². The summed E-state index contributed by atoms with van der Waals surface area (Å²) in [5.74, 6) is 0.894. The number of hydrogen-bond donors (Lipinski definition) is 0. The highest BCUT2D eigenvalue weighted by Gasteiger charge is 2.51. The van der Waals surface area contributed by atoms with E-state index in [0.717, 1.165) is 5.56 Å². The Bertz CT molecular complexity index is 1450. The zero-order valence-electron chi connectivity index (χ0n) is 20.4. The van der Waals surface area contributed by atoms with Crippen molar-refractivity contribution in [1.29, 1.82) is 0 Å². The summed E-state index contributed by atoms with van der Waals surface area (Å²) in [4.78, 5) is 29.6. The van der Waals surface area contributed by atoms with Gasteiger partial charge in [0.05, 0.1) is 5.69 Å². The van der Waals surface area contributed by atoms with Gasteiger partial charge in [0.15, 0.2) is 11.6 Å². The number of hydrogen-bond acceptors (Lipinski definition) is 4. The van der Waals surface area contributed by atoms with Crippen LogP contribution < -0.4 is 14.4 Å². The molecular formula is C30H25FN2O4. The molecule has 1 aliphatic heterocycles. The molecule has 3 amide bonds. The van der Waals surface area contributed by atoms with Crippen LogP contribution in [-0.4, -0.2) is 22.4 Å². The molecule has 0 atom stereocenters. The predicted molar refractivity (Wildman–Crippen MR) is 138 cm³/mol. The van der Waals surface area contributed by atoms with Crippen molar-refractivity contribution in [3.05, 3.63) is 115 Å². The molecule has 1 fully saturated rings. The number of carbonyl (C=O) groups excluding carboxylic acids is 2.